The molecule has 0 fully saturated rings. The Balaban J connectivity index is 2.17. The molecular weight excluding hydrogens is 304 g/mol. The van der Waals surface area contributed by atoms with Crippen LogP contribution in [0.25, 0.3) is 0 Å². The highest BCUT2D eigenvalue weighted by molar-refractivity contribution is 9.11. The van der Waals surface area contributed by atoms with E-state index in [1.54, 1.807) is 6.07 Å². The van der Waals surface area contributed by atoms with Gasteiger partial charge in [0.2, 0.25) is 0 Å². The molecule has 1 aromatic rings. The number of rotatable bonds is 6. The van der Waals surface area contributed by atoms with Gasteiger partial charge in [-0.25, -0.2) is 0 Å². The van der Waals surface area contributed by atoms with Crippen molar-refractivity contribution < 1.29 is 14.3 Å². The smallest absolute Gasteiger partial charge is 0.198 e. The Morgan fingerprint density at radius 2 is 2.06 bits per heavy atom. The summed E-state index contributed by atoms with van der Waals surface area (Å²) in [5.41, 5.74) is -0.161. The summed E-state index contributed by atoms with van der Waals surface area (Å²) in [6.07, 6.45) is 0. The first-order valence-electron chi connectivity index (χ1n) is 5.39. The van der Waals surface area contributed by atoms with Gasteiger partial charge in [-0.05, 0) is 48.8 Å². The Morgan fingerprint density at radius 3 is 2.59 bits per heavy atom. The van der Waals surface area contributed by atoms with E-state index in [1.165, 1.54) is 11.3 Å². The maximum Gasteiger partial charge on any atom is 0.198 e. The first kappa shape index (κ1) is 14.8. The third-order valence-electron chi connectivity index (χ3n) is 1.84. The van der Waals surface area contributed by atoms with Crippen molar-refractivity contribution in [1.82, 2.24) is 0 Å². The summed E-state index contributed by atoms with van der Waals surface area (Å²) in [6, 6.07) is 3.66. The molecule has 0 aliphatic carbocycles. The normalized spacial score (nSPS) is 11.8. The molecule has 1 aromatic heterocycles. The summed E-state index contributed by atoms with van der Waals surface area (Å²) >= 11 is 4.74. The van der Waals surface area contributed by atoms with Gasteiger partial charge in [0, 0.05) is 0 Å². The topological polar surface area (TPSA) is 35.5 Å². The minimum absolute atomic E-state index is 0.0106. The fourth-order valence-corrected chi connectivity index (χ4v) is 2.42. The number of thiophene rings is 1. The van der Waals surface area contributed by atoms with Gasteiger partial charge >= 0.3 is 0 Å². The molecule has 0 bridgehead atoms. The van der Waals surface area contributed by atoms with Crippen molar-refractivity contribution >= 4 is 33.0 Å². The third kappa shape index (κ3) is 6.31. The summed E-state index contributed by atoms with van der Waals surface area (Å²) in [6.45, 7) is 7.02. The molecule has 0 amide bonds. The van der Waals surface area contributed by atoms with Crippen molar-refractivity contribution in [2.75, 3.05) is 19.8 Å². The van der Waals surface area contributed by atoms with Crippen LogP contribution in [0.2, 0.25) is 0 Å². The Hall–Kier alpha value is -0.230. The molecule has 0 aliphatic rings. The van der Waals surface area contributed by atoms with E-state index < -0.39 is 0 Å². The molecule has 5 heteroatoms. The van der Waals surface area contributed by atoms with Crippen LogP contribution in [-0.2, 0) is 9.47 Å². The van der Waals surface area contributed by atoms with Crippen LogP contribution in [0.3, 0.4) is 0 Å². The minimum Gasteiger partial charge on any atom is -0.373 e. The predicted molar refractivity (Wildman–Crippen MR) is 72.9 cm³/mol. The van der Waals surface area contributed by atoms with E-state index in [1.807, 2.05) is 26.8 Å². The fraction of sp³-hybridized carbons (Fsp3) is 0.583. The molecule has 0 N–H and O–H groups in total. The Labute approximate surface area is 114 Å². The number of ether oxygens (including phenoxy) is 2. The average molecular weight is 321 g/mol. The summed E-state index contributed by atoms with van der Waals surface area (Å²) in [5.74, 6) is 0.0106. The van der Waals surface area contributed by atoms with Crippen molar-refractivity contribution in [2.24, 2.45) is 0 Å². The van der Waals surface area contributed by atoms with E-state index in [0.29, 0.717) is 18.1 Å². The largest absolute Gasteiger partial charge is 0.373 e. The van der Waals surface area contributed by atoms with Gasteiger partial charge in [-0.15, -0.1) is 11.3 Å². The van der Waals surface area contributed by atoms with Crippen molar-refractivity contribution in [3.8, 4) is 0 Å². The molecule has 0 saturated carbocycles. The Bertz CT molecular complexity index is 368. The SMILES string of the molecule is CC(C)(C)OCCOCC(=O)c1ccc(Br)s1. The molecule has 0 saturated heterocycles. The van der Waals surface area contributed by atoms with Crippen LogP contribution in [-0.4, -0.2) is 31.2 Å². The van der Waals surface area contributed by atoms with Gasteiger partial charge in [-0.1, -0.05) is 0 Å². The van der Waals surface area contributed by atoms with Crippen LogP contribution < -0.4 is 0 Å². The number of halogens is 1. The van der Waals surface area contributed by atoms with Gasteiger partial charge in [0.05, 0.1) is 27.5 Å². The second-order valence-corrected chi connectivity index (χ2v) is 7.00. The second-order valence-electron chi connectivity index (χ2n) is 4.54. The van der Waals surface area contributed by atoms with E-state index in [4.69, 9.17) is 9.47 Å². The maximum atomic E-state index is 11.6. The number of hydrogen-bond acceptors (Lipinski definition) is 4. The van der Waals surface area contributed by atoms with Gasteiger partial charge in [-0.2, -0.15) is 0 Å². The van der Waals surface area contributed by atoms with E-state index in [2.05, 4.69) is 15.9 Å². The second kappa shape index (κ2) is 6.64. The minimum atomic E-state index is -0.161. The standard InChI is InChI=1S/C12H17BrO3S/c1-12(2,3)16-7-6-15-8-9(14)10-4-5-11(13)17-10/h4-5H,6-8H2,1-3H3. The van der Waals surface area contributed by atoms with Gasteiger partial charge in [0.1, 0.15) is 6.61 Å². The first-order chi connectivity index (χ1) is 7.88. The van der Waals surface area contributed by atoms with Crippen LogP contribution in [0.1, 0.15) is 30.4 Å². The number of carbonyl (C=O) groups excluding carboxylic acids is 1. The molecular formula is C12H17BrO3S. The average Bonchev–Trinajstić information content (AvgIpc) is 2.62. The fourth-order valence-electron chi connectivity index (χ4n) is 1.11. The lowest BCUT2D eigenvalue weighted by atomic mass is 10.2. The quantitative estimate of drug-likeness (QED) is 0.594. The third-order valence-corrected chi connectivity index (χ3v) is 3.51. The lowest BCUT2D eigenvalue weighted by molar-refractivity contribution is -0.0323. The molecule has 0 aliphatic heterocycles. The zero-order valence-corrected chi connectivity index (χ0v) is 12.7. The zero-order valence-electron chi connectivity index (χ0n) is 10.3. The number of hydrogen-bond donors (Lipinski definition) is 0. The Kier molecular flexibility index (Phi) is 5.79. The van der Waals surface area contributed by atoms with Crippen LogP contribution in [0, 0.1) is 0 Å². The lowest BCUT2D eigenvalue weighted by Gasteiger charge is -2.19. The van der Waals surface area contributed by atoms with Gasteiger partial charge in [-0.3, -0.25) is 4.79 Å². The maximum absolute atomic E-state index is 11.6. The van der Waals surface area contributed by atoms with Crippen LogP contribution in [0.15, 0.2) is 15.9 Å². The summed E-state index contributed by atoms with van der Waals surface area (Å²) < 4.78 is 11.7. The number of Topliss-reactive ketones (excluding diaryl/α,β-unsaturated/α-hetero) is 1. The van der Waals surface area contributed by atoms with Crippen LogP contribution in [0.5, 0.6) is 0 Å². The lowest BCUT2D eigenvalue weighted by Crippen LogP contribution is -2.22. The summed E-state index contributed by atoms with van der Waals surface area (Å²) in [7, 11) is 0. The first-order valence-corrected chi connectivity index (χ1v) is 7.00. The van der Waals surface area contributed by atoms with Crippen molar-refractivity contribution in [1.29, 1.82) is 0 Å². The molecule has 0 unspecified atom stereocenters. The van der Waals surface area contributed by atoms with E-state index in [9.17, 15) is 4.79 Å². The molecule has 0 atom stereocenters. The molecule has 0 radical (unpaired) electrons. The van der Waals surface area contributed by atoms with Gasteiger partial charge in [0.25, 0.3) is 0 Å². The molecule has 0 spiro atoms. The van der Waals surface area contributed by atoms with Gasteiger partial charge in [0.15, 0.2) is 5.78 Å². The van der Waals surface area contributed by atoms with Crippen molar-refractivity contribution in [2.45, 2.75) is 26.4 Å². The van der Waals surface area contributed by atoms with E-state index >= 15 is 0 Å². The van der Waals surface area contributed by atoms with Crippen LogP contribution >= 0.6 is 27.3 Å². The highest BCUT2D eigenvalue weighted by Gasteiger charge is 2.11. The molecule has 17 heavy (non-hydrogen) atoms. The summed E-state index contributed by atoms with van der Waals surface area (Å²) in [5, 5.41) is 0. The summed E-state index contributed by atoms with van der Waals surface area (Å²) in [4.78, 5) is 12.4. The van der Waals surface area contributed by atoms with Crippen molar-refractivity contribution in [3.05, 3.63) is 20.8 Å². The molecule has 96 valence electrons. The number of ketones is 1. The van der Waals surface area contributed by atoms with E-state index in [-0.39, 0.29) is 18.0 Å². The highest BCUT2D eigenvalue weighted by Crippen LogP contribution is 2.22. The molecule has 3 nitrogen and oxygen atoms in total. The van der Waals surface area contributed by atoms with E-state index in [0.717, 1.165) is 3.79 Å². The molecule has 1 heterocycles. The highest BCUT2D eigenvalue weighted by atomic mass is 79.9. The molecule has 0 aromatic carbocycles. The number of carbonyl (C=O) groups is 1. The Morgan fingerprint density at radius 1 is 1.35 bits per heavy atom. The zero-order chi connectivity index (χ0) is 12.9. The van der Waals surface area contributed by atoms with Crippen LogP contribution in [0.4, 0.5) is 0 Å². The monoisotopic (exact) mass is 320 g/mol. The van der Waals surface area contributed by atoms with Gasteiger partial charge < -0.3 is 9.47 Å². The molecule has 1 rings (SSSR count). The predicted octanol–water partition coefficient (Wildman–Crippen LogP) is 3.53. The van der Waals surface area contributed by atoms with Crippen molar-refractivity contribution in [3.63, 3.8) is 0 Å².